The van der Waals surface area contributed by atoms with Crippen molar-refractivity contribution in [3.8, 4) is 5.75 Å². The average Bonchev–Trinajstić information content (AvgIpc) is 2.59. The molecule has 0 amide bonds. The monoisotopic (exact) mass is 239 g/mol. The van der Waals surface area contributed by atoms with Gasteiger partial charge in [-0.3, -0.25) is 4.68 Å². The Morgan fingerprint density at radius 2 is 2.41 bits per heavy atom. The maximum atomic E-state index is 11.0. The Hall–Kier alpha value is -1.56. The zero-order valence-corrected chi connectivity index (χ0v) is 9.83. The van der Waals surface area contributed by atoms with Crippen molar-refractivity contribution >= 4 is 5.97 Å². The van der Waals surface area contributed by atoms with Crippen LogP contribution in [0.3, 0.4) is 0 Å². The Balaban J connectivity index is 2.10. The fourth-order valence-electron chi connectivity index (χ4n) is 2.40. The molecule has 6 heteroatoms. The van der Waals surface area contributed by atoms with E-state index < -0.39 is 5.97 Å². The van der Waals surface area contributed by atoms with Crippen LogP contribution in [0.5, 0.6) is 5.75 Å². The van der Waals surface area contributed by atoms with Crippen LogP contribution in [0.25, 0.3) is 0 Å². The van der Waals surface area contributed by atoms with Crippen LogP contribution >= 0.6 is 0 Å². The number of likely N-dealkylation sites (tertiary alicyclic amines) is 1. The minimum absolute atomic E-state index is 0.113. The first kappa shape index (κ1) is 11.9. The van der Waals surface area contributed by atoms with E-state index >= 15 is 0 Å². The number of aromatic carboxylic acids is 1. The van der Waals surface area contributed by atoms with Crippen molar-refractivity contribution in [1.29, 1.82) is 0 Å². The Morgan fingerprint density at radius 3 is 3.06 bits per heavy atom. The van der Waals surface area contributed by atoms with Crippen LogP contribution < -0.4 is 0 Å². The van der Waals surface area contributed by atoms with Crippen molar-refractivity contribution < 1.29 is 15.0 Å². The molecule has 1 aromatic rings. The molecule has 1 atom stereocenters. The van der Waals surface area contributed by atoms with Gasteiger partial charge in [0.2, 0.25) is 0 Å². The van der Waals surface area contributed by atoms with Gasteiger partial charge in [-0.1, -0.05) is 0 Å². The van der Waals surface area contributed by atoms with Crippen LogP contribution in [0.15, 0.2) is 6.20 Å². The number of nitrogens with zero attached hydrogens (tertiary/aromatic N) is 3. The highest BCUT2D eigenvalue weighted by Gasteiger charge is 2.22. The molecule has 1 aliphatic heterocycles. The first-order valence-corrected chi connectivity index (χ1v) is 5.74. The van der Waals surface area contributed by atoms with E-state index in [1.54, 1.807) is 0 Å². The van der Waals surface area contributed by atoms with E-state index in [9.17, 15) is 9.90 Å². The lowest BCUT2D eigenvalue weighted by Gasteiger charge is -2.29. The molecular formula is C11H17N3O3. The van der Waals surface area contributed by atoms with Crippen molar-refractivity contribution in [2.24, 2.45) is 5.92 Å². The van der Waals surface area contributed by atoms with Gasteiger partial charge < -0.3 is 15.1 Å². The van der Waals surface area contributed by atoms with Gasteiger partial charge in [-0.05, 0) is 32.4 Å². The van der Waals surface area contributed by atoms with Gasteiger partial charge in [0.15, 0.2) is 11.4 Å². The minimum atomic E-state index is -1.14. The van der Waals surface area contributed by atoms with Gasteiger partial charge in [0.1, 0.15) is 0 Å². The van der Waals surface area contributed by atoms with Crippen molar-refractivity contribution in [1.82, 2.24) is 14.7 Å². The number of carboxylic acid groups (broad SMARTS) is 1. The molecule has 2 heterocycles. The van der Waals surface area contributed by atoms with E-state index in [-0.39, 0.29) is 11.4 Å². The zero-order valence-electron chi connectivity index (χ0n) is 9.83. The summed E-state index contributed by atoms with van der Waals surface area (Å²) in [4.78, 5) is 13.2. The molecule has 1 saturated heterocycles. The molecule has 2 rings (SSSR count). The quantitative estimate of drug-likeness (QED) is 0.808. The van der Waals surface area contributed by atoms with Crippen molar-refractivity contribution in [2.45, 2.75) is 19.4 Å². The summed E-state index contributed by atoms with van der Waals surface area (Å²) in [5, 5.41) is 22.3. The fraction of sp³-hybridized carbons (Fsp3) is 0.636. The molecule has 0 spiro atoms. The first-order chi connectivity index (χ1) is 8.08. The molecule has 0 radical (unpaired) electrons. The predicted molar refractivity (Wildman–Crippen MR) is 61.1 cm³/mol. The Kier molecular flexibility index (Phi) is 3.33. The van der Waals surface area contributed by atoms with E-state index in [4.69, 9.17) is 5.11 Å². The number of aromatic hydroxyl groups is 1. The Morgan fingerprint density at radius 1 is 1.65 bits per heavy atom. The summed E-state index contributed by atoms with van der Waals surface area (Å²) in [6.45, 7) is 2.58. The number of piperidine rings is 1. The molecule has 6 nitrogen and oxygen atoms in total. The summed E-state index contributed by atoms with van der Waals surface area (Å²) in [6, 6.07) is 0. The van der Waals surface area contributed by atoms with Crippen LogP contribution in [0.2, 0.25) is 0 Å². The molecule has 94 valence electrons. The highest BCUT2D eigenvalue weighted by molar-refractivity contribution is 5.88. The number of aromatic nitrogens is 2. The van der Waals surface area contributed by atoms with Crippen LogP contribution in [-0.2, 0) is 6.54 Å². The molecule has 0 aromatic carbocycles. The summed E-state index contributed by atoms with van der Waals surface area (Å²) in [6.07, 6.45) is 3.39. The van der Waals surface area contributed by atoms with Crippen LogP contribution in [0, 0.1) is 5.92 Å². The number of hydrogen-bond donors (Lipinski definition) is 2. The first-order valence-electron chi connectivity index (χ1n) is 5.74. The smallest absolute Gasteiger partial charge is 0.358 e. The van der Waals surface area contributed by atoms with E-state index in [0.29, 0.717) is 12.5 Å². The third-order valence-corrected chi connectivity index (χ3v) is 3.18. The maximum absolute atomic E-state index is 11.0. The topological polar surface area (TPSA) is 78.6 Å². The van der Waals surface area contributed by atoms with E-state index in [0.717, 1.165) is 25.9 Å². The summed E-state index contributed by atoms with van der Waals surface area (Å²) >= 11 is 0. The predicted octanol–water partition coefficient (Wildman–Crippen LogP) is 0.629. The molecule has 0 bridgehead atoms. The largest absolute Gasteiger partial charge is 0.504 e. The number of rotatable bonds is 3. The second kappa shape index (κ2) is 4.75. The summed E-state index contributed by atoms with van der Waals surface area (Å²) in [5.74, 6) is -1.00. The SMILES string of the molecule is CN1CCCC(Cn2ncc(O)c2C(=O)O)C1. The average molecular weight is 239 g/mol. The van der Waals surface area contributed by atoms with Gasteiger partial charge in [-0.2, -0.15) is 5.10 Å². The van der Waals surface area contributed by atoms with Crippen LogP contribution in [-0.4, -0.2) is 51.0 Å². The molecule has 1 fully saturated rings. The van der Waals surface area contributed by atoms with Crippen LogP contribution in [0.4, 0.5) is 0 Å². The van der Waals surface area contributed by atoms with Gasteiger partial charge in [-0.25, -0.2) is 4.79 Å². The maximum Gasteiger partial charge on any atom is 0.358 e. The zero-order chi connectivity index (χ0) is 12.4. The van der Waals surface area contributed by atoms with Crippen molar-refractivity contribution in [2.75, 3.05) is 20.1 Å². The third-order valence-electron chi connectivity index (χ3n) is 3.18. The normalized spacial score (nSPS) is 21.6. The van der Waals surface area contributed by atoms with Gasteiger partial charge in [0, 0.05) is 13.1 Å². The second-order valence-electron chi connectivity index (χ2n) is 4.64. The molecule has 2 N–H and O–H groups in total. The van der Waals surface area contributed by atoms with E-state index in [2.05, 4.69) is 17.0 Å². The summed E-state index contributed by atoms with van der Waals surface area (Å²) in [7, 11) is 2.06. The third kappa shape index (κ3) is 2.58. The Bertz CT molecular complexity index is 416. The molecule has 1 aromatic heterocycles. The molecule has 1 aliphatic rings. The number of carbonyl (C=O) groups is 1. The van der Waals surface area contributed by atoms with Crippen molar-refractivity contribution in [3.63, 3.8) is 0 Å². The lowest BCUT2D eigenvalue weighted by atomic mass is 9.98. The van der Waals surface area contributed by atoms with E-state index in [1.165, 1.54) is 10.9 Å². The highest BCUT2D eigenvalue weighted by atomic mass is 16.4. The summed E-state index contributed by atoms with van der Waals surface area (Å²) < 4.78 is 1.39. The standard InChI is InChI=1S/C11H17N3O3/c1-13-4-2-3-8(6-13)7-14-10(11(16)17)9(15)5-12-14/h5,8,15H,2-4,6-7H2,1H3,(H,16,17). The van der Waals surface area contributed by atoms with Gasteiger partial charge >= 0.3 is 5.97 Å². The minimum Gasteiger partial charge on any atom is -0.504 e. The molecular weight excluding hydrogens is 222 g/mol. The van der Waals surface area contributed by atoms with E-state index in [1.807, 2.05) is 0 Å². The highest BCUT2D eigenvalue weighted by Crippen LogP contribution is 2.21. The van der Waals surface area contributed by atoms with Crippen LogP contribution in [0.1, 0.15) is 23.3 Å². The number of carboxylic acids is 1. The van der Waals surface area contributed by atoms with Crippen molar-refractivity contribution in [3.05, 3.63) is 11.9 Å². The lowest BCUT2D eigenvalue weighted by molar-refractivity contribution is 0.0676. The number of hydrogen-bond acceptors (Lipinski definition) is 4. The molecule has 0 aliphatic carbocycles. The van der Waals surface area contributed by atoms with Gasteiger partial charge in [0.05, 0.1) is 6.20 Å². The summed E-state index contributed by atoms with van der Waals surface area (Å²) in [5.41, 5.74) is -0.113. The molecule has 17 heavy (non-hydrogen) atoms. The Labute approximate surface area is 99.5 Å². The second-order valence-corrected chi connectivity index (χ2v) is 4.64. The van der Waals surface area contributed by atoms with Gasteiger partial charge in [-0.15, -0.1) is 0 Å². The molecule has 1 unspecified atom stereocenters. The molecule has 0 saturated carbocycles. The van der Waals surface area contributed by atoms with Gasteiger partial charge in [0.25, 0.3) is 0 Å². The lowest BCUT2D eigenvalue weighted by Crippen LogP contribution is -2.34. The fourth-order valence-corrected chi connectivity index (χ4v) is 2.40.